The van der Waals surface area contributed by atoms with E-state index in [4.69, 9.17) is 4.74 Å². The van der Waals surface area contributed by atoms with Gasteiger partial charge in [0.2, 0.25) is 0 Å². The molecule has 1 aliphatic rings. The van der Waals surface area contributed by atoms with Gasteiger partial charge in [0.25, 0.3) is 11.8 Å². The minimum absolute atomic E-state index is 0.120. The van der Waals surface area contributed by atoms with Crippen LogP contribution in [-0.4, -0.2) is 29.2 Å². The number of para-hydroxylation sites is 1. The first-order chi connectivity index (χ1) is 11.6. The molecule has 0 saturated heterocycles. The lowest BCUT2D eigenvalue weighted by Gasteiger charge is -2.13. The highest BCUT2D eigenvalue weighted by atomic mass is 79.9. The molecule has 2 aromatic carbocycles. The summed E-state index contributed by atoms with van der Waals surface area (Å²) in [6.07, 6.45) is 0.476. The van der Waals surface area contributed by atoms with Crippen molar-refractivity contribution in [3.05, 3.63) is 64.1 Å². The van der Waals surface area contributed by atoms with Crippen LogP contribution in [0.15, 0.2) is 53.0 Å². The van der Waals surface area contributed by atoms with E-state index in [0.717, 1.165) is 0 Å². The molecule has 0 fully saturated rings. The van der Waals surface area contributed by atoms with Gasteiger partial charge in [-0.1, -0.05) is 24.3 Å². The molecular formula is C18H14BrNO4. The van der Waals surface area contributed by atoms with Crippen LogP contribution in [0.3, 0.4) is 0 Å². The Kier molecular flexibility index (Phi) is 4.76. The fourth-order valence-electron chi connectivity index (χ4n) is 2.52. The van der Waals surface area contributed by atoms with Crippen molar-refractivity contribution in [1.29, 1.82) is 0 Å². The van der Waals surface area contributed by atoms with Gasteiger partial charge in [-0.15, -0.1) is 0 Å². The maximum absolute atomic E-state index is 12.2. The van der Waals surface area contributed by atoms with Crippen LogP contribution in [0.4, 0.5) is 0 Å². The Balaban J connectivity index is 1.54. The van der Waals surface area contributed by atoms with Gasteiger partial charge in [-0.3, -0.25) is 19.3 Å². The van der Waals surface area contributed by atoms with Crippen LogP contribution in [0.5, 0.6) is 5.75 Å². The molecule has 0 aliphatic carbocycles. The van der Waals surface area contributed by atoms with Gasteiger partial charge < -0.3 is 4.74 Å². The van der Waals surface area contributed by atoms with E-state index < -0.39 is 5.97 Å². The molecule has 2 amide bonds. The van der Waals surface area contributed by atoms with Crippen LogP contribution in [0.25, 0.3) is 0 Å². The van der Waals surface area contributed by atoms with Crippen molar-refractivity contribution < 1.29 is 19.1 Å². The van der Waals surface area contributed by atoms with E-state index in [1.54, 1.807) is 42.5 Å². The maximum Gasteiger partial charge on any atom is 0.311 e. The van der Waals surface area contributed by atoms with Gasteiger partial charge in [0.1, 0.15) is 5.75 Å². The van der Waals surface area contributed by atoms with Crippen LogP contribution in [0.1, 0.15) is 33.6 Å². The number of carbonyl (C=O) groups is 3. The van der Waals surface area contributed by atoms with Crippen LogP contribution in [0, 0.1) is 0 Å². The number of nitrogens with zero attached hydrogens (tertiary/aromatic N) is 1. The van der Waals surface area contributed by atoms with Crippen molar-refractivity contribution in [1.82, 2.24) is 4.90 Å². The number of carbonyl (C=O) groups excluding carboxylic acids is 3. The highest BCUT2D eigenvalue weighted by Crippen LogP contribution is 2.25. The molecule has 2 aromatic rings. The number of amides is 2. The second-order valence-corrected chi connectivity index (χ2v) is 6.17. The zero-order valence-electron chi connectivity index (χ0n) is 12.7. The number of esters is 1. The van der Waals surface area contributed by atoms with Crippen LogP contribution in [-0.2, 0) is 4.79 Å². The average Bonchev–Trinajstić information content (AvgIpc) is 2.82. The molecule has 1 aliphatic heterocycles. The Morgan fingerprint density at radius 3 is 2.17 bits per heavy atom. The lowest BCUT2D eigenvalue weighted by molar-refractivity contribution is -0.134. The fourth-order valence-corrected chi connectivity index (χ4v) is 2.89. The number of hydrogen-bond donors (Lipinski definition) is 0. The molecule has 0 bridgehead atoms. The second kappa shape index (κ2) is 6.97. The van der Waals surface area contributed by atoms with Gasteiger partial charge in [0.15, 0.2) is 0 Å². The van der Waals surface area contributed by atoms with Crippen LogP contribution in [0.2, 0.25) is 0 Å². The molecule has 122 valence electrons. The number of hydrogen-bond acceptors (Lipinski definition) is 4. The van der Waals surface area contributed by atoms with Crippen molar-refractivity contribution in [2.45, 2.75) is 12.8 Å². The summed E-state index contributed by atoms with van der Waals surface area (Å²) in [6, 6.07) is 13.8. The first-order valence-corrected chi connectivity index (χ1v) is 8.27. The molecule has 0 N–H and O–H groups in total. The van der Waals surface area contributed by atoms with Crippen LogP contribution < -0.4 is 4.74 Å². The van der Waals surface area contributed by atoms with Gasteiger partial charge in [-0.2, -0.15) is 0 Å². The van der Waals surface area contributed by atoms with E-state index >= 15 is 0 Å². The Bertz CT molecular complexity index is 783. The topological polar surface area (TPSA) is 63.7 Å². The third-order valence-corrected chi connectivity index (χ3v) is 4.36. The zero-order valence-corrected chi connectivity index (χ0v) is 14.3. The van der Waals surface area contributed by atoms with Crippen molar-refractivity contribution in [2.24, 2.45) is 0 Å². The number of fused-ring (bicyclic) bond motifs is 1. The molecular weight excluding hydrogens is 374 g/mol. The minimum Gasteiger partial charge on any atom is -0.425 e. The molecule has 0 radical (unpaired) electrons. The van der Waals surface area contributed by atoms with E-state index in [1.165, 1.54) is 4.90 Å². The molecule has 1 heterocycles. The Labute approximate surface area is 147 Å². The standard InChI is InChI=1S/C18H14BrNO4/c19-14-8-3-4-9-15(14)24-16(21)10-5-11-20-17(22)12-6-1-2-7-13(12)18(20)23/h1-4,6-9H,5,10-11H2. The summed E-state index contributed by atoms with van der Waals surface area (Å²) in [5, 5.41) is 0. The second-order valence-electron chi connectivity index (χ2n) is 5.32. The quantitative estimate of drug-likeness (QED) is 0.447. The van der Waals surface area contributed by atoms with E-state index in [2.05, 4.69) is 15.9 Å². The molecule has 6 heteroatoms. The third-order valence-electron chi connectivity index (χ3n) is 3.70. The number of imide groups is 1. The summed E-state index contributed by atoms with van der Waals surface area (Å²) in [5.74, 6) is -0.578. The summed E-state index contributed by atoms with van der Waals surface area (Å²) < 4.78 is 5.94. The van der Waals surface area contributed by atoms with Crippen molar-refractivity contribution in [2.75, 3.05) is 6.54 Å². The highest BCUT2D eigenvalue weighted by molar-refractivity contribution is 9.10. The first-order valence-electron chi connectivity index (χ1n) is 7.48. The molecule has 0 spiro atoms. The molecule has 0 saturated carbocycles. The minimum atomic E-state index is -0.404. The fraction of sp³-hybridized carbons (Fsp3) is 0.167. The highest BCUT2D eigenvalue weighted by Gasteiger charge is 2.34. The molecule has 24 heavy (non-hydrogen) atoms. The Morgan fingerprint density at radius 2 is 1.54 bits per heavy atom. The maximum atomic E-state index is 12.2. The third kappa shape index (κ3) is 3.23. The monoisotopic (exact) mass is 387 g/mol. The molecule has 0 unspecified atom stereocenters. The lowest BCUT2D eigenvalue weighted by Crippen LogP contribution is -2.31. The van der Waals surface area contributed by atoms with Gasteiger partial charge in [-0.05, 0) is 46.6 Å². The summed E-state index contributed by atoms with van der Waals surface area (Å²) in [5.41, 5.74) is 0.830. The number of ether oxygens (including phenoxy) is 1. The predicted molar refractivity (Wildman–Crippen MR) is 90.8 cm³/mol. The largest absolute Gasteiger partial charge is 0.425 e. The number of halogens is 1. The lowest BCUT2D eigenvalue weighted by atomic mass is 10.1. The summed E-state index contributed by atoms with van der Waals surface area (Å²) in [7, 11) is 0. The van der Waals surface area contributed by atoms with Gasteiger partial charge in [0.05, 0.1) is 15.6 Å². The smallest absolute Gasteiger partial charge is 0.311 e. The van der Waals surface area contributed by atoms with Crippen molar-refractivity contribution in [3.63, 3.8) is 0 Å². The number of benzene rings is 2. The SMILES string of the molecule is O=C(CCCN1C(=O)c2ccccc2C1=O)Oc1ccccc1Br. The van der Waals surface area contributed by atoms with Crippen molar-refractivity contribution >= 4 is 33.7 Å². The van der Waals surface area contributed by atoms with E-state index in [0.29, 0.717) is 27.8 Å². The summed E-state index contributed by atoms with van der Waals surface area (Å²) >= 11 is 3.30. The number of rotatable bonds is 5. The predicted octanol–water partition coefficient (Wildman–Crippen LogP) is 3.43. The van der Waals surface area contributed by atoms with Gasteiger partial charge in [-0.25, -0.2) is 0 Å². The van der Waals surface area contributed by atoms with Crippen molar-refractivity contribution in [3.8, 4) is 5.75 Å². The molecule has 5 nitrogen and oxygen atoms in total. The molecule has 3 rings (SSSR count). The first kappa shape index (κ1) is 16.4. The van der Waals surface area contributed by atoms with E-state index in [9.17, 15) is 14.4 Å². The summed E-state index contributed by atoms with van der Waals surface area (Å²) in [4.78, 5) is 37.5. The van der Waals surface area contributed by atoms with E-state index in [1.807, 2.05) is 6.07 Å². The Morgan fingerprint density at radius 1 is 0.958 bits per heavy atom. The average molecular weight is 388 g/mol. The molecule has 0 aromatic heterocycles. The van der Waals surface area contributed by atoms with Crippen LogP contribution >= 0.6 is 15.9 Å². The summed E-state index contributed by atoms with van der Waals surface area (Å²) in [6.45, 7) is 0.192. The van der Waals surface area contributed by atoms with Gasteiger partial charge in [0, 0.05) is 13.0 Å². The normalized spacial score (nSPS) is 13.1. The van der Waals surface area contributed by atoms with Gasteiger partial charge >= 0.3 is 5.97 Å². The van der Waals surface area contributed by atoms with E-state index in [-0.39, 0.29) is 24.8 Å². The Hall–Kier alpha value is -2.47. The molecule has 0 atom stereocenters. The zero-order chi connectivity index (χ0) is 17.1.